The van der Waals surface area contributed by atoms with Gasteiger partial charge in [-0.05, 0) is 37.3 Å². The van der Waals surface area contributed by atoms with Gasteiger partial charge in [0.1, 0.15) is 6.10 Å². The molecule has 0 bridgehead atoms. The number of likely N-dealkylation sites (tertiary alicyclic amines) is 1. The molecule has 0 atom stereocenters. The molecule has 124 valence electrons. The highest BCUT2D eigenvalue weighted by molar-refractivity contribution is 5.96. The number of benzene rings is 1. The van der Waals surface area contributed by atoms with Crippen molar-refractivity contribution >= 4 is 11.9 Å². The maximum absolute atomic E-state index is 12.4. The van der Waals surface area contributed by atoms with Crippen molar-refractivity contribution in [1.82, 2.24) is 9.88 Å². The third-order valence-electron chi connectivity index (χ3n) is 3.84. The Morgan fingerprint density at radius 1 is 1.08 bits per heavy atom. The molecule has 0 radical (unpaired) electrons. The molecule has 0 unspecified atom stereocenters. The lowest BCUT2D eigenvalue weighted by molar-refractivity contribution is 0.0159. The quantitative estimate of drug-likeness (QED) is 0.805. The maximum Gasteiger partial charge on any atom is 0.337 e. The molecule has 2 heterocycles. The van der Waals surface area contributed by atoms with Crippen molar-refractivity contribution in [2.45, 2.75) is 13.0 Å². The van der Waals surface area contributed by atoms with E-state index in [1.165, 1.54) is 7.11 Å². The monoisotopic (exact) mass is 326 g/mol. The lowest BCUT2D eigenvalue weighted by Crippen LogP contribution is -2.56. The Labute approximate surface area is 140 Å². The molecule has 6 heteroatoms. The van der Waals surface area contributed by atoms with E-state index in [0.29, 0.717) is 30.1 Å². The van der Waals surface area contributed by atoms with Gasteiger partial charge in [0.05, 0.1) is 25.8 Å². The highest BCUT2D eigenvalue weighted by atomic mass is 16.5. The zero-order valence-corrected chi connectivity index (χ0v) is 13.6. The minimum atomic E-state index is -0.419. The lowest BCUT2D eigenvalue weighted by Gasteiger charge is -2.38. The first kappa shape index (κ1) is 16.0. The van der Waals surface area contributed by atoms with Crippen molar-refractivity contribution < 1.29 is 19.1 Å². The number of hydrogen-bond acceptors (Lipinski definition) is 5. The topological polar surface area (TPSA) is 68.7 Å². The smallest absolute Gasteiger partial charge is 0.337 e. The molecule has 0 N–H and O–H groups in total. The predicted octanol–water partition coefficient (Wildman–Crippen LogP) is 2.08. The summed E-state index contributed by atoms with van der Waals surface area (Å²) in [6.07, 6.45) is -0.0439. The highest BCUT2D eigenvalue weighted by Gasteiger charge is 2.33. The summed E-state index contributed by atoms with van der Waals surface area (Å²) >= 11 is 0. The molecule has 1 amide bonds. The fourth-order valence-electron chi connectivity index (χ4n) is 2.48. The van der Waals surface area contributed by atoms with Crippen molar-refractivity contribution in [3.05, 3.63) is 59.3 Å². The third-order valence-corrected chi connectivity index (χ3v) is 3.84. The van der Waals surface area contributed by atoms with Gasteiger partial charge in [-0.25, -0.2) is 9.78 Å². The van der Waals surface area contributed by atoms with Crippen LogP contribution in [0, 0.1) is 6.92 Å². The lowest BCUT2D eigenvalue weighted by atomic mass is 10.1. The van der Waals surface area contributed by atoms with Crippen LogP contribution in [0.5, 0.6) is 5.88 Å². The molecule has 1 fully saturated rings. The summed E-state index contributed by atoms with van der Waals surface area (Å²) < 4.78 is 10.4. The van der Waals surface area contributed by atoms with Crippen LogP contribution < -0.4 is 4.74 Å². The molecule has 0 saturated carbocycles. The van der Waals surface area contributed by atoms with E-state index in [2.05, 4.69) is 9.72 Å². The van der Waals surface area contributed by atoms with E-state index in [1.807, 2.05) is 25.1 Å². The first-order chi connectivity index (χ1) is 11.6. The Kier molecular flexibility index (Phi) is 4.46. The summed E-state index contributed by atoms with van der Waals surface area (Å²) in [7, 11) is 1.32. The van der Waals surface area contributed by atoms with Crippen molar-refractivity contribution in [3.8, 4) is 5.88 Å². The van der Waals surface area contributed by atoms with Crippen LogP contribution in [0.15, 0.2) is 42.5 Å². The molecule has 3 rings (SSSR count). The van der Waals surface area contributed by atoms with Gasteiger partial charge in [0.15, 0.2) is 0 Å². The summed E-state index contributed by atoms with van der Waals surface area (Å²) in [6, 6.07) is 12.0. The second-order valence-corrected chi connectivity index (χ2v) is 5.64. The van der Waals surface area contributed by atoms with Crippen molar-refractivity contribution in [3.63, 3.8) is 0 Å². The number of methoxy groups -OCH3 is 1. The summed E-state index contributed by atoms with van der Waals surface area (Å²) in [6.45, 7) is 2.95. The van der Waals surface area contributed by atoms with Crippen molar-refractivity contribution in [2.24, 2.45) is 0 Å². The summed E-state index contributed by atoms with van der Waals surface area (Å²) in [5.41, 5.74) is 1.85. The van der Waals surface area contributed by atoms with Gasteiger partial charge < -0.3 is 14.4 Å². The zero-order valence-electron chi connectivity index (χ0n) is 13.6. The zero-order chi connectivity index (χ0) is 17.1. The molecule has 24 heavy (non-hydrogen) atoms. The van der Waals surface area contributed by atoms with E-state index < -0.39 is 5.97 Å². The number of rotatable bonds is 4. The van der Waals surface area contributed by atoms with Gasteiger partial charge in [-0.3, -0.25) is 4.79 Å². The number of aryl methyl sites for hydroxylation is 1. The van der Waals surface area contributed by atoms with Gasteiger partial charge in [0, 0.05) is 17.3 Å². The Hall–Kier alpha value is -2.89. The van der Waals surface area contributed by atoms with Crippen LogP contribution in [0.3, 0.4) is 0 Å². The molecule has 0 spiro atoms. The average Bonchev–Trinajstić information content (AvgIpc) is 2.56. The van der Waals surface area contributed by atoms with Crippen LogP contribution in [0.1, 0.15) is 26.4 Å². The van der Waals surface area contributed by atoms with E-state index in [9.17, 15) is 9.59 Å². The Morgan fingerprint density at radius 3 is 2.38 bits per heavy atom. The van der Waals surface area contributed by atoms with E-state index >= 15 is 0 Å². The molecule has 1 aliphatic rings. The normalized spacial score (nSPS) is 14.0. The first-order valence-electron chi connectivity index (χ1n) is 7.65. The van der Waals surface area contributed by atoms with Crippen LogP contribution in [-0.2, 0) is 4.74 Å². The molecule has 1 aromatic carbocycles. The second kappa shape index (κ2) is 6.70. The number of nitrogens with zero attached hydrogens (tertiary/aromatic N) is 2. The number of pyridine rings is 1. The van der Waals surface area contributed by atoms with Gasteiger partial charge in [0.25, 0.3) is 5.91 Å². The summed E-state index contributed by atoms with van der Waals surface area (Å²) in [5.74, 6) is 0.0788. The second-order valence-electron chi connectivity index (χ2n) is 5.64. The van der Waals surface area contributed by atoms with Crippen LogP contribution in [-0.4, -0.2) is 48.1 Å². The van der Waals surface area contributed by atoms with E-state index in [0.717, 1.165) is 5.69 Å². The molecule has 1 aromatic heterocycles. The minimum absolute atomic E-state index is 0.0439. The molecule has 1 aliphatic heterocycles. The third kappa shape index (κ3) is 3.37. The van der Waals surface area contributed by atoms with E-state index in [-0.39, 0.29) is 12.0 Å². The van der Waals surface area contributed by atoms with Crippen LogP contribution >= 0.6 is 0 Å². The minimum Gasteiger partial charge on any atom is -0.471 e. The number of carbonyl (C=O) groups is 2. The van der Waals surface area contributed by atoms with Crippen molar-refractivity contribution in [1.29, 1.82) is 0 Å². The van der Waals surface area contributed by atoms with Crippen LogP contribution in [0.4, 0.5) is 0 Å². The Bertz CT molecular complexity index is 752. The highest BCUT2D eigenvalue weighted by Crippen LogP contribution is 2.19. The fourth-order valence-corrected chi connectivity index (χ4v) is 2.48. The number of hydrogen-bond donors (Lipinski definition) is 0. The maximum atomic E-state index is 12.4. The molecular weight excluding hydrogens is 308 g/mol. The van der Waals surface area contributed by atoms with Gasteiger partial charge in [-0.15, -0.1) is 0 Å². The summed E-state index contributed by atoms with van der Waals surface area (Å²) in [4.78, 5) is 29.8. The van der Waals surface area contributed by atoms with Gasteiger partial charge in [-0.2, -0.15) is 0 Å². The summed E-state index contributed by atoms with van der Waals surface area (Å²) in [5, 5.41) is 0. The van der Waals surface area contributed by atoms with E-state index in [4.69, 9.17) is 4.74 Å². The number of aromatic nitrogens is 1. The molecule has 1 saturated heterocycles. The number of esters is 1. The fraction of sp³-hybridized carbons (Fsp3) is 0.278. The SMILES string of the molecule is COC(=O)c1ccc(C(=O)N2CC(Oc3cccc(C)n3)C2)cc1. The van der Waals surface area contributed by atoms with Crippen molar-refractivity contribution in [2.75, 3.05) is 20.2 Å². The standard InChI is InChI=1S/C18H18N2O4/c1-12-4-3-5-16(19-12)24-15-10-20(11-15)17(21)13-6-8-14(9-7-13)18(22)23-2/h3-9,15H,10-11H2,1-2H3. The van der Waals surface area contributed by atoms with Gasteiger partial charge >= 0.3 is 5.97 Å². The van der Waals surface area contributed by atoms with Gasteiger partial charge in [-0.1, -0.05) is 6.07 Å². The average molecular weight is 326 g/mol. The molecular formula is C18H18N2O4. The first-order valence-corrected chi connectivity index (χ1v) is 7.65. The molecule has 0 aliphatic carbocycles. The largest absolute Gasteiger partial charge is 0.471 e. The Balaban J connectivity index is 1.55. The van der Waals surface area contributed by atoms with E-state index in [1.54, 1.807) is 29.2 Å². The molecule has 2 aromatic rings. The van der Waals surface area contributed by atoms with Crippen LogP contribution in [0.25, 0.3) is 0 Å². The predicted molar refractivity (Wildman–Crippen MR) is 87.1 cm³/mol. The number of ether oxygens (including phenoxy) is 2. The number of carbonyl (C=O) groups excluding carboxylic acids is 2. The van der Waals surface area contributed by atoms with Crippen LogP contribution in [0.2, 0.25) is 0 Å². The Morgan fingerprint density at radius 2 is 1.75 bits per heavy atom. The molecule has 6 nitrogen and oxygen atoms in total. The number of amides is 1. The van der Waals surface area contributed by atoms with Gasteiger partial charge in [0.2, 0.25) is 5.88 Å².